The summed E-state index contributed by atoms with van der Waals surface area (Å²) in [6.07, 6.45) is 4.76. The van der Waals surface area contributed by atoms with Crippen LogP contribution in [0.3, 0.4) is 0 Å². The second-order valence-corrected chi connectivity index (χ2v) is 1.66. The number of H-pyrrole nitrogens is 1. The van der Waals surface area contributed by atoms with Gasteiger partial charge < -0.3 is 4.98 Å². The van der Waals surface area contributed by atoms with Crippen molar-refractivity contribution in [3.63, 3.8) is 0 Å². The number of hydrogen-bond donors (Lipinski definition) is 1. The monoisotopic (exact) mass is 143 g/mol. The van der Waals surface area contributed by atoms with Crippen LogP contribution in [-0.2, 0) is 0 Å². The van der Waals surface area contributed by atoms with Crippen molar-refractivity contribution in [3.8, 4) is 0 Å². The average Bonchev–Trinajstić information content (AvgIpc) is 2.33. The van der Waals surface area contributed by atoms with Gasteiger partial charge in [-0.1, -0.05) is 0 Å². The van der Waals surface area contributed by atoms with E-state index in [0.717, 1.165) is 5.52 Å². The average molecular weight is 143 g/mol. The molecule has 2 aromatic rings. The van der Waals surface area contributed by atoms with Crippen LogP contribution in [0.4, 0.5) is 0 Å². The first-order chi connectivity index (χ1) is 4.47. The minimum atomic E-state index is 0. The van der Waals surface area contributed by atoms with Crippen molar-refractivity contribution in [2.75, 3.05) is 0 Å². The van der Waals surface area contributed by atoms with Crippen LogP contribution in [0.2, 0.25) is 0 Å². The molecule has 2 heterocycles. The van der Waals surface area contributed by atoms with Gasteiger partial charge in [-0.2, -0.15) is 0 Å². The molecule has 2 rings (SSSR count). The number of rotatable bonds is 0. The summed E-state index contributed by atoms with van der Waals surface area (Å²) in [7, 11) is 0. The van der Waals surface area contributed by atoms with Crippen molar-refractivity contribution in [2.45, 2.75) is 0 Å². The Morgan fingerprint density at radius 3 is 3.00 bits per heavy atom. The molecule has 0 bridgehead atoms. The van der Waals surface area contributed by atoms with Crippen molar-refractivity contribution < 1.29 is 29.6 Å². The van der Waals surface area contributed by atoms with E-state index in [9.17, 15) is 0 Å². The van der Waals surface area contributed by atoms with E-state index in [-0.39, 0.29) is 29.6 Å². The van der Waals surface area contributed by atoms with E-state index in [1.807, 2.05) is 0 Å². The van der Waals surface area contributed by atoms with Gasteiger partial charge in [0.15, 0.2) is 5.65 Å². The normalized spacial score (nSPS) is 9.20. The maximum Gasteiger partial charge on any atom is 1.00 e. The van der Waals surface area contributed by atoms with E-state index in [2.05, 4.69) is 19.9 Å². The molecular formula is C5H4N4Na+. The molecule has 0 aliphatic heterocycles. The standard InChI is InChI=1S/C5H4N4.Na/c1-4-5(8-2-6-1)9-3-7-4;/h1-3H,(H,6,7,8,9);/q;+1. The van der Waals surface area contributed by atoms with E-state index in [1.165, 1.54) is 6.33 Å². The summed E-state index contributed by atoms with van der Waals surface area (Å²) in [5.74, 6) is 0. The molecule has 1 N–H and O–H groups in total. The maximum absolute atomic E-state index is 3.91. The summed E-state index contributed by atoms with van der Waals surface area (Å²) >= 11 is 0. The minimum absolute atomic E-state index is 0. The van der Waals surface area contributed by atoms with Crippen LogP contribution in [0.15, 0.2) is 18.9 Å². The topological polar surface area (TPSA) is 54.5 Å². The molecule has 44 valence electrons. The summed E-state index contributed by atoms with van der Waals surface area (Å²) < 4.78 is 0. The Kier molecular flexibility index (Phi) is 2.37. The number of nitrogens with zero attached hydrogens (tertiary/aromatic N) is 3. The first kappa shape index (κ1) is 7.65. The fourth-order valence-electron chi connectivity index (χ4n) is 0.691. The first-order valence-corrected chi connectivity index (χ1v) is 2.56. The fourth-order valence-corrected chi connectivity index (χ4v) is 0.691. The predicted octanol–water partition coefficient (Wildman–Crippen LogP) is -2.64. The molecule has 0 saturated heterocycles. The van der Waals surface area contributed by atoms with Crippen LogP contribution in [0, 0.1) is 0 Å². The molecule has 5 heteroatoms. The summed E-state index contributed by atoms with van der Waals surface area (Å²) in [4.78, 5) is 14.5. The number of hydrogen-bond acceptors (Lipinski definition) is 3. The molecule has 0 saturated carbocycles. The molecule has 0 aliphatic rings. The smallest absolute Gasteiger partial charge is 0.342 e. The maximum atomic E-state index is 3.91. The van der Waals surface area contributed by atoms with Gasteiger partial charge in [0.2, 0.25) is 0 Å². The molecule has 0 atom stereocenters. The van der Waals surface area contributed by atoms with Crippen LogP contribution in [0.1, 0.15) is 0 Å². The Bertz CT molecular complexity index is 288. The second kappa shape index (κ2) is 3.09. The largest absolute Gasteiger partial charge is 1.00 e. The molecular weight excluding hydrogens is 139 g/mol. The molecule has 0 unspecified atom stereocenters. The Labute approximate surface area is 79.4 Å². The van der Waals surface area contributed by atoms with Gasteiger partial charge >= 0.3 is 29.6 Å². The van der Waals surface area contributed by atoms with Crippen molar-refractivity contribution in [3.05, 3.63) is 18.9 Å². The van der Waals surface area contributed by atoms with Gasteiger partial charge in [0.1, 0.15) is 11.8 Å². The van der Waals surface area contributed by atoms with E-state index in [0.29, 0.717) is 5.65 Å². The quantitative estimate of drug-likeness (QED) is 0.410. The Balaban J connectivity index is 0.000000500. The number of imidazole rings is 1. The molecule has 4 nitrogen and oxygen atoms in total. The molecule has 0 aromatic carbocycles. The molecule has 2 aromatic heterocycles. The fraction of sp³-hybridized carbons (Fsp3) is 0. The molecule has 0 radical (unpaired) electrons. The first-order valence-electron chi connectivity index (χ1n) is 2.56. The van der Waals surface area contributed by atoms with Crippen molar-refractivity contribution in [1.82, 2.24) is 19.9 Å². The summed E-state index contributed by atoms with van der Waals surface area (Å²) in [6, 6.07) is 0. The number of aromatic nitrogens is 4. The Hall–Kier alpha value is -0.450. The zero-order valence-corrected chi connectivity index (χ0v) is 7.57. The van der Waals surface area contributed by atoms with Gasteiger partial charge in [0, 0.05) is 0 Å². The zero-order chi connectivity index (χ0) is 6.10. The van der Waals surface area contributed by atoms with E-state index in [4.69, 9.17) is 0 Å². The Morgan fingerprint density at radius 1 is 1.30 bits per heavy atom. The van der Waals surface area contributed by atoms with Gasteiger partial charge in [-0.15, -0.1) is 0 Å². The molecule has 0 aliphatic carbocycles. The van der Waals surface area contributed by atoms with Gasteiger partial charge in [0.05, 0.1) is 12.5 Å². The van der Waals surface area contributed by atoms with Gasteiger partial charge in [-0.25, -0.2) is 15.0 Å². The van der Waals surface area contributed by atoms with Crippen LogP contribution in [0.5, 0.6) is 0 Å². The molecule has 0 amide bonds. The van der Waals surface area contributed by atoms with E-state index in [1.54, 1.807) is 12.5 Å². The number of nitrogens with one attached hydrogen (secondary N) is 1. The molecule has 0 spiro atoms. The number of fused-ring (bicyclic) bond motifs is 1. The van der Waals surface area contributed by atoms with Gasteiger partial charge in [-0.3, -0.25) is 0 Å². The van der Waals surface area contributed by atoms with Crippen LogP contribution < -0.4 is 29.6 Å². The zero-order valence-electron chi connectivity index (χ0n) is 5.57. The second-order valence-electron chi connectivity index (χ2n) is 1.66. The van der Waals surface area contributed by atoms with Crippen molar-refractivity contribution in [2.24, 2.45) is 0 Å². The van der Waals surface area contributed by atoms with Gasteiger partial charge in [-0.05, 0) is 0 Å². The van der Waals surface area contributed by atoms with Crippen LogP contribution in [0.25, 0.3) is 11.2 Å². The third-order valence-corrected chi connectivity index (χ3v) is 1.10. The number of aromatic amines is 1. The Morgan fingerprint density at radius 2 is 2.20 bits per heavy atom. The van der Waals surface area contributed by atoms with E-state index >= 15 is 0 Å². The van der Waals surface area contributed by atoms with E-state index < -0.39 is 0 Å². The summed E-state index contributed by atoms with van der Waals surface area (Å²) in [6.45, 7) is 0. The SMILES string of the molecule is [Na+].c1ncc2[nH]cnc2n1. The van der Waals surface area contributed by atoms with Crippen molar-refractivity contribution >= 4 is 11.2 Å². The summed E-state index contributed by atoms with van der Waals surface area (Å²) in [5, 5.41) is 0. The minimum Gasteiger partial charge on any atom is -0.342 e. The molecule has 10 heavy (non-hydrogen) atoms. The predicted molar refractivity (Wildman–Crippen MR) is 31.7 cm³/mol. The third-order valence-electron chi connectivity index (χ3n) is 1.10. The third kappa shape index (κ3) is 1.18. The van der Waals surface area contributed by atoms with Crippen molar-refractivity contribution in [1.29, 1.82) is 0 Å². The van der Waals surface area contributed by atoms with Crippen LogP contribution >= 0.6 is 0 Å². The van der Waals surface area contributed by atoms with Gasteiger partial charge in [0.25, 0.3) is 0 Å². The molecule has 0 fully saturated rings. The van der Waals surface area contributed by atoms with Crippen LogP contribution in [-0.4, -0.2) is 19.9 Å². The summed E-state index contributed by atoms with van der Waals surface area (Å²) in [5.41, 5.74) is 1.59.